The van der Waals surface area contributed by atoms with Crippen molar-refractivity contribution in [2.75, 3.05) is 69.0 Å². The summed E-state index contributed by atoms with van der Waals surface area (Å²) >= 11 is 0. The van der Waals surface area contributed by atoms with E-state index in [1.807, 2.05) is 18.2 Å². The first-order valence-electron chi connectivity index (χ1n) is 10.1. The Morgan fingerprint density at radius 1 is 1.17 bits per heavy atom. The molecule has 1 aliphatic rings. The largest absolute Gasteiger partial charge is 0.497 e. The molecule has 0 unspecified atom stereocenters. The number of nitrogens with zero attached hydrogens (tertiary/aromatic N) is 4. The normalized spacial score (nSPS) is 13.5. The molecule has 0 spiro atoms. The summed E-state index contributed by atoms with van der Waals surface area (Å²) in [5.74, 6) is 1.50. The molecular weight excluding hydrogens is 402 g/mol. The maximum atomic E-state index is 12.9. The van der Waals surface area contributed by atoms with E-state index in [1.54, 1.807) is 32.3 Å². The standard InChI is InChI=1S/C22H31N5O2.ClH/c1-5-10-23-21-20(22(28)25(2)3)19(9-11-24-21)27-14-12-26(13-15-27)17-7-6-8-18(16-17)29-4;/h6-9,11,16H,5,10,12-15H2,1-4H3,(H,23,24);1H. The Kier molecular flexibility index (Phi) is 8.59. The number of rotatable bonds is 7. The molecular formula is C22H32ClN5O2. The maximum absolute atomic E-state index is 12.9. The fraction of sp³-hybridized carbons (Fsp3) is 0.455. The lowest BCUT2D eigenvalue weighted by Gasteiger charge is -2.38. The zero-order valence-electron chi connectivity index (χ0n) is 18.2. The smallest absolute Gasteiger partial charge is 0.259 e. The number of pyridine rings is 1. The van der Waals surface area contributed by atoms with Crippen molar-refractivity contribution in [3.05, 3.63) is 42.1 Å². The molecule has 7 nitrogen and oxygen atoms in total. The Morgan fingerprint density at radius 3 is 2.50 bits per heavy atom. The minimum atomic E-state index is -0.0260. The topological polar surface area (TPSA) is 60.9 Å². The van der Waals surface area contributed by atoms with E-state index in [0.717, 1.165) is 56.3 Å². The molecule has 8 heteroatoms. The number of ether oxygens (including phenoxy) is 1. The minimum absolute atomic E-state index is 0. The highest BCUT2D eigenvalue weighted by molar-refractivity contribution is 6.04. The molecule has 2 aromatic rings. The number of hydrogen-bond acceptors (Lipinski definition) is 6. The van der Waals surface area contributed by atoms with E-state index in [-0.39, 0.29) is 18.3 Å². The summed E-state index contributed by atoms with van der Waals surface area (Å²) in [7, 11) is 5.25. The van der Waals surface area contributed by atoms with Crippen LogP contribution in [-0.2, 0) is 0 Å². The van der Waals surface area contributed by atoms with Gasteiger partial charge < -0.3 is 24.8 Å². The first kappa shape index (κ1) is 23.6. The average Bonchev–Trinajstić information content (AvgIpc) is 2.77. The molecule has 0 radical (unpaired) electrons. The van der Waals surface area contributed by atoms with Crippen LogP contribution in [0.2, 0.25) is 0 Å². The Hall–Kier alpha value is -2.67. The molecule has 1 aromatic heterocycles. The minimum Gasteiger partial charge on any atom is -0.497 e. The van der Waals surface area contributed by atoms with Crippen LogP contribution >= 0.6 is 12.4 Å². The molecule has 164 valence electrons. The van der Waals surface area contributed by atoms with Gasteiger partial charge in [0.25, 0.3) is 5.91 Å². The molecule has 0 aliphatic carbocycles. The van der Waals surface area contributed by atoms with Gasteiger partial charge in [0, 0.05) is 64.8 Å². The van der Waals surface area contributed by atoms with E-state index in [0.29, 0.717) is 11.4 Å². The number of nitrogens with one attached hydrogen (secondary N) is 1. The molecule has 30 heavy (non-hydrogen) atoms. The number of benzene rings is 1. The van der Waals surface area contributed by atoms with Crippen LogP contribution in [0.4, 0.5) is 17.2 Å². The van der Waals surface area contributed by atoms with Gasteiger partial charge in [-0.2, -0.15) is 0 Å². The number of amides is 1. The van der Waals surface area contributed by atoms with Gasteiger partial charge >= 0.3 is 0 Å². The van der Waals surface area contributed by atoms with Gasteiger partial charge in [0.2, 0.25) is 0 Å². The highest BCUT2D eigenvalue weighted by Gasteiger charge is 2.25. The Bertz CT molecular complexity index is 838. The van der Waals surface area contributed by atoms with E-state index >= 15 is 0 Å². The number of aromatic nitrogens is 1. The van der Waals surface area contributed by atoms with Crippen molar-refractivity contribution in [3.8, 4) is 5.75 Å². The summed E-state index contributed by atoms with van der Waals surface area (Å²) < 4.78 is 5.35. The van der Waals surface area contributed by atoms with Crippen molar-refractivity contribution in [3.63, 3.8) is 0 Å². The zero-order valence-corrected chi connectivity index (χ0v) is 19.0. The molecule has 1 N–H and O–H groups in total. The number of piperazine rings is 1. The molecule has 0 bridgehead atoms. The second-order valence-corrected chi connectivity index (χ2v) is 7.36. The second-order valence-electron chi connectivity index (χ2n) is 7.36. The lowest BCUT2D eigenvalue weighted by molar-refractivity contribution is 0.0828. The third-order valence-corrected chi connectivity index (χ3v) is 5.13. The average molecular weight is 434 g/mol. The van der Waals surface area contributed by atoms with Crippen molar-refractivity contribution in [1.29, 1.82) is 0 Å². The van der Waals surface area contributed by atoms with Gasteiger partial charge in [0.05, 0.1) is 12.8 Å². The molecule has 3 rings (SSSR count). The van der Waals surface area contributed by atoms with Crippen LogP contribution < -0.4 is 19.9 Å². The predicted molar refractivity (Wildman–Crippen MR) is 126 cm³/mol. The quantitative estimate of drug-likeness (QED) is 0.722. The monoisotopic (exact) mass is 433 g/mol. The van der Waals surface area contributed by atoms with Crippen molar-refractivity contribution < 1.29 is 9.53 Å². The number of carbonyl (C=O) groups excluding carboxylic acids is 1. The molecule has 1 amide bonds. The molecule has 1 aromatic carbocycles. The second kappa shape index (κ2) is 10.9. The van der Waals surface area contributed by atoms with Gasteiger partial charge in [-0.1, -0.05) is 13.0 Å². The highest BCUT2D eigenvalue weighted by atomic mass is 35.5. The first-order chi connectivity index (χ1) is 14.0. The van der Waals surface area contributed by atoms with E-state index in [4.69, 9.17) is 4.74 Å². The van der Waals surface area contributed by atoms with Crippen LogP contribution in [0, 0.1) is 0 Å². The Balaban J connectivity index is 0.00000320. The van der Waals surface area contributed by atoms with Gasteiger partial charge in [-0.15, -0.1) is 12.4 Å². The van der Waals surface area contributed by atoms with Gasteiger partial charge in [-0.25, -0.2) is 4.98 Å². The molecule has 1 saturated heterocycles. The first-order valence-corrected chi connectivity index (χ1v) is 10.1. The van der Waals surface area contributed by atoms with Crippen LogP contribution in [-0.4, -0.2) is 69.7 Å². The fourth-order valence-corrected chi connectivity index (χ4v) is 3.54. The summed E-state index contributed by atoms with van der Waals surface area (Å²) in [5, 5.41) is 3.32. The van der Waals surface area contributed by atoms with Crippen LogP contribution in [0.15, 0.2) is 36.5 Å². The van der Waals surface area contributed by atoms with Crippen LogP contribution in [0.25, 0.3) is 0 Å². The maximum Gasteiger partial charge on any atom is 0.259 e. The highest BCUT2D eigenvalue weighted by Crippen LogP contribution is 2.29. The summed E-state index contributed by atoms with van der Waals surface area (Å²) in [6.45, 7) is 6.31. The summed E-state index contributed by atoms with van der Waals surface area (Å²) in [6.07, 6.45) is 2.76. The fourth-order valence-electron chi connectivity index (χ4n) is 3.54. The third-order valence-electron chi connectivity index (χ3n) is 5.13. The van der Waals surface area contributed by atoms with Crippen LogP contribution in [0.1, 0.15) is 23.7 Å². The zero-order chi connectivity index (χ0) is 20.8. The summed E-state index contributed by atoms with van der Waals surface area (Å²) in [5.41, 5.74) is 2.76. The lowest BCUT2D eigenvalue weighted by atomic mass is 10.1. The van der Waals surface area contributed by atoms with E-state index in [9.17, 15) is 4.79 Å². The predicted octanol–water partition coefficient (Wildman–Crippen LogP) is 3.36. The SMILES string of the molecule is CCCNc1nccc(N2CCN(c3cccc(OC)c3)CC2)c1C(=O)N(C)C.Cl. The van der Waals surface area contributed by atoms with Crippen LogP contribution in [0.5, 0.6) is 5.75 Å². The molecule has 0 saturated carbocycles. The van der Waals surface area contributed by atoms with Crippen molar-refractivity contribution >= 4 is 35.5 Å². The van der Waals surface area contributed by atoms with Crippen molar-refractivity contribution in [1.82, 2.24) is 9.88 Å². The van der Waals surface area contributed by atoms with Gasteiger partial charge in [-0.05, 0) is 24.6 Å². The third kappa shape index (κ3) is 5.27. The molecule has 1 aliphatic heterocycles. The summed E-state index contributed by atoms with van der Waals surface area (Å²) in [6, 6.07) is 10.1. The van der Waals surface area contributed by atoms with E-state index in [2.05, 4.69) is 39.2 Å². The molecule has 0 atom stereocenters. The lowest BCUT2D eigenvalue weighted by Crippen LogP contribution is -2.47. The van der Waals surface area contributed by atoms with Crippen molar-refractivity contribution in [2.45, 2.75) is 13.3 Å². The van der Waals surface area contributed by atoms with Crippen LogP contribution in [0.3, 0.4) is 0 Å². The van der Waals surface area contributed by atoms with E-state index in [1.165, 1.54) is 0 Å². The Morgan fingerprint density at radius 2 is 1.87 bits per heavy atom. The van der Waals surface area contributed by atoms with E-state index < -0.39 is 0 Å². The number of carbonyl (C=O) groups is 1. The molecule has 1 fully saturated rings. The number of hydrogen-bond donors (Lipinski definition) is 1. The number of anilines is 3. The molecule has 2 heterocycles. The van der Waals surface area contributed by atoms with Gasteiger partial charge in [0.15, 0.2) is 0 Å². The van der Waals surface area contributed by atoms with Gasteiger partial charge in [0.1, 0.15) is 17.1 Å². The number of methoxy groups -OCH3 is 1. The van der Waals surface area contributed by atoms with Gasteiger partial charge in [-0.3, -0.25) is 4.79 Å². The Labute approximate surface area is 185 Å². The van der Waals surface area contributed by atoms with Crippen molar-refractivity contribution in [2.24, 2.45) is 0 Å². The summed E-state index contributed by atoms with van der Waals surface area (Å²) in [4.78, 5) is 23.6. The number of halogens is 1.